The highest BCUT2D eigenvalue weighted by Gasteiger charge is 2.30. The number of nitrogens with one attached hydrogen (secondary N) is 3. The van der Waals surface area contributed by atoms with Crippen LogP contribution in [0.2, 0.25) is 0 Å². The maximum Gasteiger partial charge on any atom is 0.407 e. The Morgan fingerprint density at radius 2 is 2.21 bits per heavy atom. The van der Waals surface area contributed by atoms with Crippen molar-refractivity contribution in [1.29, 1.82) is 0 Å². The van der Waals surface area contributed by atoms with Crippen LogP contribution in [-0.4, -0.2) is 38.4 Å². The molecule has 0 saturated heterocycles. The fourth-order valence-corrected chi connectivity index (χ4v) is 2.86. The minimum Gasteiger partial charge on any atom is -0.446 e. The molecule has 0 aromatic carbocycles. The molecule has 3 N–H and O–H groups in total. The summed E-state index contributed by atoms with van der Waals surface area (Å²) in [6.07, 6.45) is 7.12. The summed E-state index contributed by atoms with van der Waals surface area (Å²) < 4.78 is 5.46. The monoisotopic (exact) mass is 330 g/mol. The van der Waals surface area contributed by atoms with E-state index < -0.39 is 0 Å². The van der Waals surface area contributed by atoms with E-state index in [4.69, 9.17) is 4.74 Å². The minimum absolute atomic E-state index is 0.0477. The minimum atomic E-state index is -0.342. The molecular weight excluding hydrogens is 308 g/mol. The van der Waals surface area contributed by atoms with Crippen molar-refractivity contribution in [3.05, 3.63) is 30.4 Å². The zero-order chi connectivity index (χ0) is 16.9. The van der Waals surface area contributed by atoms with Gasteiger partial charge in [0.25, 0.3) is 0 Å². The molecule has 0 aliphatic heterocycles. The summed E-state index contributed by atoms with van der Waals surface area (Å²) >= 11 is 0. The van der Waals surface area contributed by atoms with Crippen LogP contribution in [-0.2, 0) is 4.74 Å². The second kappa shape index (κ2) is 7.29. The van der Waals surface area contributed by atoms with Crippen molar-refractivity contribution >= 4 is 17.7 Å². The number of aromatic amines is 1. The Hall–Kier alpha value is -2.64. The van der Waals surface area contributed by atoms with Gasteiger partial charge >= 0.3 is 6.09 Å². The molecule has 1 saturated carbocycles. The van der Waals surface area contributed by atoms with E-state index in [2.05, 4.69) is 30.8 Å². The van der Waals surface area contributed by atoms with E-state index in [-0.39, 0.29) is 18.2 Å². The van der Waals surface area contributed by atoms with Crippen LogP contribution in [0, 0.1) is 0 Å². The van der Waals surface area contributed by atoms with E-state index >= 15 is 0 Å². The first kappa shape index (κ1) is 16.2. The van der Waals surface area contributed by atoms with Crippen LogP contribution < -0.4 is 10.6 Å². The molecule has 8 nitrogen and oxygen atoms in total. The number of anilines is 2. The SMILES string of the molecule is CC(C)NC(=O)OC1CCC(c2cc(Nc3cnccn3)n[nH]2)C1. The number of nitrogens with zero attached hydrogens (tertiary/aromatic N) is 3. The summed E-state index contributed by atoms with van der Waals surface area (Å²) in [7, 11) is 0. The lowest BCUT2D eigenvalue weighted by atomic mass is 10.0. The van der Waals surface area contributed by atoms with Gasteiger partial charge in [-0.15, -0.1) is 0 Å². The molecule has 1 aliphatic rings. The van der Waals surface area contributed by atoms with Crippen molar-refractivity contribution < 1.29 is 9.53 Å². The molecule has 1 amide bonds. The molecule has 128 valence electrons. The zero-order valence-corrected chi connectivity index (χ0v) is 13.8. The van der Waals surface area contributed by atoms with Crippen molar-refractivity contribution in [3.8, 4) is 0 Å². The molecule has 0 radical (unpaired) electrons. The van der Waals surface area contributed by atoms with Gasteiger partial charge in [-0.3, -0.25) is 10.1 Å². The van der Waals surface area contributed by atoms with Crippen LogP contribution in [0.5, 0.6) is 0 Å². The van der Waals surface area contributed by atoms with E-state index in [1.807, 2.05) is 19.9 Å². The van der Waals surface area contributed by atoms with Gasteiger partial charge < -0.3 is 15.4 Å². The summed E-state index contributed by atoms with van der Waals surface area (Å²) in [6.45, 7) is 3.82. The maximum atomic E-state index is 11.7. The molecule has 24 heavy (non-hydrogen) atoms. The van der Waals surface area contributed by atoms with E-state index in [0.717, 1.165) is 25.0 Å². The smallest absolute Gasteiger partial charge is 0.407 e. The zero-order valence-electron chi connectivity index (χ0n) is 13.8. The second-order valence-corrected chi connectivity index (χ2v) is 6.26. The molecule has 1 aliphatic carbocycles. The van der Waals surface area contributed by atoms with Crippen LogP contribution in [0.1, 0.15) is 44.7 Å². The van der Waals surface area contributed by atoms with Crippen LogP contribution >= 0.6 is 0 Å². The Labute approximate surface area is 140 Å². The molecule has 2 aromatic rings. The Kier molecular flexibility index (Phi) is 4.93. The second-order valence-electron chi connectivity index (χ2n) is 6.26. The molecule has 0 bridgehead atoms. The first-order chi connectivity index (χ1) is 11.6. The van der Waals surface area contributed by atoms with Gasteiger partial charge in [-0.2, -0.15) is 5.10 Å². The predicted molar refractivity (Wildman–Crippen MR) is 89.0 cm³/mol. The van der Waals surface area contributed by atoms with Gasteiger partial charge in [0.05, 0.1) is 6.20 Å². The van der Waals surface area contributed by atoms with Crippen LogP contribution in [0.15, 0.2) is 24.7 Å². The molecule has 0 spiro atoms. The maximum absolute atomic E-state index is 11.7. The largest absolute Gasteiger partial charge is 0.446 e. The number of carbonyl (C=O) groups is 1. The average molecular weight is 330 g/mol. The van der Waals surface area contributed by atoms with Gasteiger partial charge in [0.2, 0.25) is 0 Å². The lowest BCUT2D eigenvalue weighted by Crippen LogP contribution is -2.33. The Morgan fingerprint density at radius 3 is 2.96 bits per heavy atom. The van der Waals surface area contributed by atoms with E-state index in [1.54, 1.807) is 18.6 Å². The third-order valence-corrected chi connectivity index (χ3v) is 3.92. The quantitative estimate of drug-likeness (QED) is 0.778. The van der Waals surface area contributed by atoms with Crippen LogP contribution in [0.3, 0.4) is 0 Å². The standard InChI is InChI=1S/C16H22N6O2/c1-10(2)19-16(23)24-12-4-3-11(7-12)13-8-14(22-21-13)20-15-9-17-5-6-18-15/h5-6,8-12H,3-4,7H2,1-2H3,(H,19,23)(H2,18,20,21,22). The summed E-state index contributed by atoms with van der Waals surface area (Å²) in [5, 5.41) is 13.2. The van der Waals surface area contributed by atoms with E-state index in [1.165, 1.54) is 0 Å². The Balaban J connectivity index is 1.54. The number of aromatic nitrogens is 4. The highest BCUT2D eigenvalue weighted by molar-refractivity contribution is 5.67. The molecular formula is C16H22N6O2. The molecule has 3 rings (SSSR count). The van der Waals surface area contributed by atoms with Crippen LogP contribution in [0.4, 0.5) is 16.4 Å². The Bertz CT molecular complexity index is 672. The fourth-order valence-electron chi connectivity index (χ4n) is 2.86. The van der Waals surface area contributed by atoms with Gasteiger partial charge in [0, 0.05) is 36.1 Å². The molecule has 2 heterocycles. The lowest BCUT2D eigenvalue weighted by molar-refractivity contribution is 0.0981. The summed E-state index contributed by atoms with van der Waals surface area (Å²) in [4.78, 5) is 19.8. The van der Waals surface area contributed by atoms with Crippen molar-refractivity contribution in [1.82, 2.24) is 25.5 Å². The van der Waals surface area contributed by atoms with Gasteiger partial charge in [0.15, 0.2) is 5.82 Å². The third-order valence-electron chi connectivity index (χ3n) is 3.92. The number of amides is 1. The van der Waals surface area contributed by atoms with E-state index in [9.17, 15) is 4.79 Å². The number of ether oxygens (including phenoxy) is 1. The first-order valence-electron chi connectivity index (χ1n) is 8.15. The van der Waals surface area contributed by atoms with Crippen molar-refractivity contribution in [2.45, 2.75) is 51.2 Å². The number of rotatable bonds is 5. The van der Waals surface area contributed by atoms with Crippen molar-refractivity contribution in [2.24, 2.45) is 0 Å². The number of carbonyl (C=O) groups excluding carboxylic acids is 1. The highest BCUT2D eigenvalue weighted by Crippen LogP contribution is 2.36. The lowest BCUT2D eigenvalue weighted by Gasteiger charge is -2.14. The van der Waals surface area contributed by atoms with Gasteiger partial charge in [-0.05, 0) is 33.1 Å². The average Bonchev–Trinajstić information content (AvgIpc) is 3.17. The molecule has 2 aromatic heterocycles. The topological polar surface area (TPSA) is 105 Å². The van der Waals surface area contributed by atoms with Crippen molar-refractivity contribution in [3.63, 3.8) is 0 Å². The van der Waals surface area contributed by atoms with Gasteiger partial charge in [-0.1, -0.05) is 0 Å². The highest BCUT2D eigenvalue weighted by atomic mass is 16.6. The van der Waals surface area contributed by atoms with E-state index in [0.29, 0.717) is 17.6 Å². The summed E-state index contributed by atoms with van der Waals surface area (Å²) in [5.74, 6) is 1.66. The third kappa shape index (κ3) is 4.21. The van der Waals surface area contributed by atoms with Crippen molar-refractivity contribution in [2.75, 3.05) is 5.32 Å². The van der Waals surface area contributed by atoms with Crippen LogP contribution in [0.25, 0.3) is 0 Å². The van der Waals surface area contributed by atoms with Gasteiger partial charge in [-0.25, -0.2) is 9.78 Å². The number of alkyl carbamates (subject to hydrolysis) is 1. The number of hydrogen-bond donors (Lipinski definition) is 3. The summed E-state index contributed by atoms with van der Waals surface area (Å²) in [6, 6.07) is 2.05. The number of H-pyrrole nitrogens is 1. The molecule has 2 unspecified atom stereocenters. The first-order valence-corrected chi connectivity index (χ1v) is 8.15. The fraction of sp³-hybridized carbons (Fsp3) is 0.500. The molecule has 2 atom stereocenters. The summed E-state index contributed by atoms with van der Waals surface area (Å²) in [5.41, 5.74) is 1.04. The number of hydrogen-bond acceptors (Lipinski definition) is 6. The normalized spacial score (nSPS) is 20.1. The molecule has 1 fully saturated rings. The molecule has 8 heteroatoms. The Morgan fingerprint density at radius 1 is 1.33 bits per heavy atom. The predicted octanol–water partition coefficient (Wildman–Crippen LogP) is 2.71. The van der Waals surface area contributed by atoms with Gasteiger partial charge in [0.1, 0.15) is 11.9 Å².